The molecule has 0 atom stereocenters. The minimum absolute atomic E-state index is 0. The van der Waals surface area contributed by atoms with E-state index < -0.39 is 0 Å². The van der Waals surface area contributed by atoms with E-state index in [0.29, 0.717) is 0 Å². The van der Waals surface area contributed by atoms with Crippen molar-refractivity contribution in [3.8, 4) is 5.75 Å². The molecule has 0 N–H and O–H groups in total. The van der Waals surface area contributed by atoms with Gasteiger partial charge in [-0.3, -0.25) is 0 Å². The monoisotopic (exact) mass is 286 g/mol. The third kappa shape index (κ3) is 6.81. The largest absolute Gasteiger partial charge is 0.496 e. The van der Waals surface area contributed by atoms with Crippen LogP contribution in [0.2, 0.25) is 0 Å². The van der Waals surface area contributed by atoms with E-state index >= 15 is 0 Å². The van der Waals surface area contributed by atoms with Gasteiger partial charge in [-0.25, -0.2) is 0 Å². The number of methoxy groups -OCH3 is 1. The molecule has 0 aliphatic rings. The normalized spacial score (nSPS) is 10.7. The van der Waals surface area contributed by atoms with Crippen molar-refractivity contribution in [1.82, 2.24) is 9.80 Å². The van der Waals surface area contributed by atoms with Crippen LogP contribution in [0.3, 0.4) is 0 Å². The molecule has 1 rings (SSSR count). The summed E-state index contributed by atoms with van der Waals surface area (Å²) in [5.74, 6) is 1.01. The van der Waals surface area contributed by atoms with E-state index in [1.165, 1.54) is 11.1 Å². The van der Waals surface area contributed by atoms with Gasteiger partial charge in [0.25, 0.3) is 0 Å². The van der Waals surface area contributed by atoms with Crippen LogP contribution in [0.5, 0.6) is 5.75 Å². The zero-order valence-corrected chi connectivity index (χ0v) is 13.6. The average Bonchev–Trinajstić information content (AvgIpc) is 2.28. The highest BCUT2D eigenvalue weighted by Crippen LogP contribution is 2.22. The topological polar surface area (TPSA) is 15.7 Å². The zero-order valence-electron chi connectivity index (χ0n) is 12.8. The summed E-state index contributed by atoms with van der Waals surface area (Å²) in [6, 6.07) is 6.51. The van der Waals surface area contributed by atoms with E-state index in [1.54, 1.807) is 7.11 Å². The lowest BCUT2D eigenvalue weighted by Crippen LogP contribution is -2.14. The Balaban J connectivity index is 0.00000324. The number of benzene rings is 1. The molecule has 0 aromatic heterocycles. The Bertz CT molecular complexity index is 367. The van der Waals surface area contributed by atoms with Crippen LogP contribution in [-0.4, -0.2) is 51.6 Å². The summed E-state index contributed by atoms with van der Waals surface area (Å²) in [6.07, 6.45) is 2.23. The number of rotatable bonds is 7. The van der Waals surface area contributed by atoms with Crippen LogP contribution in [0.4, 0.5) is 0 Å². The SMILES string of the molecule is COc1ccc(CN(C)C)cc1CCCN(C)C.Cl. The lowest BCUT2D eigenvalue weighted by atomic mass is 10.0. The van der Waals surface area contributed by atoms with Gasteiger partial charge in [-0.05, 0) is 64.8 Å². The Hall–Kier alpha value is -0.770. The van der Waals surface area contributed by atoms with E-state index in [1.807, 2.05) is 0 Å². The maximum atomic E-state index is 5.44. The number of ether oxygens (including phenoxy) is 1. The second-order valence-electron chi connectivity index (χ2n) is 5.29. The third-order valence-corrected chi connectivity index (χ3v) is 2.90. The molecular formula is C15H27ClN2O. The average molecular weight is 287 g/mol. The summed E-state index contributed by atoms with van der Waals surface area (Å²) in [4.78, 5) is 4.40. The van der Waals surface area contributed by atoms with Crippen molar-refractivity contribution in [2.45, 2.75) is 19.4 Å². The lowest BCUT2D eigenvalue weighted by Gasteiger charge is -2.15. The molecule has 0 bridgehead atoms. The summed E-state index contributed by atoms with van der Waals surface area (Å²) in [6.45, 7) is 2.09. The molecule has 0 saturated carbocycles. The van der Waals surface area contributed by atoms with Crippen LogP contribution in [0.25, 0.3) is 0 Å². The van der Waals surface area contributed by atoms with Gasteiger partial charge in [0.1, 0.15) is 5.75 Å². The highest BCUT2D eigenvalue weighted by atomic mass is 35.5. The summed E-state index contributed by atoms with van der Waals surface area (Å²) >= 11 is 0. The minimum atomic E-state index is 0. The van der Waals surface area contributed by atoms with Crippen LogP contribution in [-0.2, 0) is 13.0 Å². The highest BCUT2D eigenvalue weighted by Gasteiger charge is 2.05. The molecule has 0 heterocycles. The first-order valence-corrected chi connectivity index (χ1v) is 6.48. The number of hydrogen-bond acceptors (Lipinski definition) is 3. The third-order valence-electron chi connectivity index (χ3n) is 2.90. The van der Waals surface area contributed by atoms with Crippen LogP contribution in [0.1, 0.15) is 17.5 Å². The highest BCUT2D eigenvalue weighted by molar-refractivity contribution is 5.85. The molecule has 0 aliphatic heterocycles. The van der Waals surface area contributed by atoms with Crippen molar-refractivity contribution in [3.63, 3.8) is 0 Å². The van der Waals surface area contributed by atoms with Crippen LogP contribution >= 0.6 is 12.4 Å². The molecule has 3 nitrogen and oxygen atoms in total. The van der Waals surface area contributed by atoms with Gasteiger partial charge in [-0.2, -0.15) is 0 Å². The van der Waals surface area contributed by atoms with E-state index in [4.69, 9.17) is 4.74 Å². The summed E-state index contributed by atoms with van der Waals surface area (Å²) in [7, 11) is 10.2. The Morgan fingerprint density at radius 2 is 1.74 bits per heavy atom. The first-order valence-electron chi connectivity index (χ1n) is 6.48. The fourth-order valence-corrected chi connectivity index (χ4v) is 2.08. The maximum absolute atomic E-state index is 5.44. The number of hydrogen-bond donors (Lipinski definition) is 0. The molecule has 0 aliphatic carbocycles. The maximum Gasteiger partial charge on any atom is 0.122 e. The molecule has 4 heteroatoms. The fourth-order valence-electron chi connectivity index (χ4n) is 2.08. The van der Waals surface area contributed by atoms with Crippen molar-refractivity contribution in [3.05, 3.63) is 29.3 Å². The standard InChI is InChI=1S/C15H26N2O.ClH/c1-16(2)10-6-7-14-11-13(12-17(3)4)8-9-15(14)18-5;/h8-9,11H,6-7,10,12H2,1-5H3;1H. The first kappa shape index (κ1) is 18.2. The second-order valence-corrected chi connectivity index (χ2v) is 5.29. The lowest BCUT2D eigenvalue weighted by molar-refractivity contribution is 0.388. The molecule has 0 fully saturated rings. The molecule has 1 aromatic rings. The van der Waals surface area contributed by atoms with Crippen molar-refractivity contribution < 1.29 is 4.74 Å². The molecule has 0 saturated heterocycles. The van der Waals surface area contributed by atoms with E-state index in [9.17, 15) is 0 Å². The molecular weight excluding hydrogens is 260 g/mol. The van der Waals surface area contributed by atoms with Gasteiger partial charge in [-0.1, -0.05) is 12.1 Å². The number of nitrogens with zero attached hydrogens (tertiary/aromatic N) is 2. The van der Waals surface area contributed by atoms with Crippen LogP contribution in [0.15, 0.2) is 18.2 Å². The van der Waals surface area contributed by atoms with Gasteiger partial charge in [0, 0.05) is 6.54 Å². The van der Waals surface area contributed by atoms with Crippen molar-refractivity contribution in [2.24, 2.45) is 0 Å². The smallest absolute Gasteiger partial charge is 0.122 e. The van der Waals surface area contributed by atoms with E-state index in [0.717, 1.165) is 31.7 Å². The zero-order chi connectivity index (χ0) is 13.5. The first-order chi connectivity index (χ1) is 8.52. The van der Waals surface area contributed by atoms with Crippen LogP contribution < -0.4 is 4.74 Å². The van der Waals surface area contributed by atoms with Gasteiger partial charge < -0.3 is 14.5 Å². The summed E-state index contributed by atoms with van der Waals surface area (Å²) in [5.41, 5.74) is 2.67. The van der Waals surface area contributed by atoms with Crippen molar-refractivity contribution >= 4 is 12.4 Å². The van der Waals surface area contributed by atoms with Crippen molar-refractivity contribution in [2.75, 3.05) is 41.8 Å². The van der Waals surface area contributed by atoms with Crippen LogP contribution in [0, 0.1) is 0 Å². The minimum Gasteiger partial charge on any atom is -0.496 e. The van der Waals surface area contributed by atoms with Gasteiger partial charge in [-0.15, -0.1) is 12.4 Å². The molecule has 0 spiro atoms. The molecule has 19 heavy (non-hydrogen) atoms. The van der Waals surface area contributed by atoms with E-state index in [-0.39, 0.29) is 12.4 Å². The van der Waals surface area contributed by atoms with E-state index in [2.05, 4.69) is 56.2 Å². The summed E-state index contributed by atoms with van der Waals surface area (Å²) in [5, 5.41) is 0. The van der Waals surface area contributed by atoms with Gasteiger partial charge in [0.2, 0.25) is 0 Å². The predicted molar refractivity (Wildman–Crippen MR) is 84.5 cm³/mol. The molecule has 0 radical (unpaired) electrons. The quantitative estimate of drug-likeness (QED) is 0.766. The Kier molecular flexibility index (Phi) is 8.81. The molecule has 110 valence electrons. The number of aryl methyl sites for hydroxylation is 1. The van der Waals surface area contributed by atoms with Gasteiger partial charge >= 0.3 is 0 Å². The van der Waals surface area contributed by atoms with Gasteiger partial charge in [0.15, 0.2) is 0 Å². The molecule has 0 unspecified atom stereocenters. The Morgan fingerprint density at radius 1 is 1.05 bits per heavy atom. The number of halogens is 1. The Labute approximate surface area is 124 Å². The second kappa shape index (κ2) is 9.18. The molecule has 1 aromatic carbocycles. The molecule has 0 amide bonds. The summed E-state index contributed by atoms with van der Waals surface area (Å²) < 4.78 is 5.44. The van der Waals surface area contributed by atoms with Gasteiger partial charge in [0.05, 0.1) is 7.11 Å². The fraction of sp³-hybridized carbons (Fsp3) is 0.600. The van der Waals surface area contributed by atoms with Crippen molar-refractivity contribution in [1.29, 1.82) is 0 Å². The Morgan fingerprint density at radius 3 is 2.26 bits per heavy atom. The predicted octanol–water partition coefficient (Wildman–Crippen LogP) is 2.67.